The Morgan fingerprint density at radius 1 is 1.41 bits per heavy atom. The van der Waals surface area contributed by atoms with E-state index >= 15 is 0 Å². The number of benzene rings is 1. The van der Waals surface area contributed by atoms with E-state index in [2.05, 4.69) is 4.98 Å². The van der Waals surface area contributed by atoms with Crippen LogP contribution in [-0.4, -0.2) is 21.3 Å². The molecule has 2 aromatic rings. The van der Waals surface area contributed by atoms with Crippen molar-refractivity contribution in [2.75, 3.05) is 4.90 Å². The van der Waals surface area contributed by atoms with Gasteiger partial charge in [-0.05, 0) is 24.6 Å². The van der Waals surface area contributed by atoms with Gasteiger partial charge in [-0.3, -0.25) is 10.2 Å². The van der Waals surface area contributed by atoms with Crippen molar-refractivity contribution >= 4 is 62.5 Å². The molecule has 0 spiro atoms. The molecule has 3 rings (SSSR count). The second-order valence-electron chi connectivity index (χ2n) is 4.76. The highest BCUT2D eigenvalue weighted by atomic mass is 35.5. The summed E-state index contributed by atoms with van der Waals surface area (Å²) in [5, 5.41) is 9.63. The Hall–Kier alpha value is -1.08. The highest BCUT2D eigenvalue weighted by Crippen LogP contribution is 2.34. The molecular formula is C14H11Cl2N3OS2. The minimum absolute atomic E-state index is 0.0968. The second kappa shape index (κ2) is 6.20. The normalized spacial score (nSPS) is 18.3. The maximum atomic E-state index is 12.1. The van der Waals surface area contributed by atoms with Gasteiger partial charge in [0, 0.05) is 27.5 Å². The average molecular weight is 372 g/mol. The number of aromatic nitrogens is 1. The molecule has 1 aliphatic heterocycles. The zero-order chi connectivity index (χ0) is 15.9. The number of nitrogens with one attached hydrogen (secondary N) is 1. The minimum Gasteiger partial charge on any atom is -0.278 e. The van der Waals surface area contributed by atoms with Gasteiger partial charge in [0.15, 0.2) is 10.3 Å². The monoisotopic (exact) mass is 371 g/mol. The van der Waals surface area contributed by atoms with Crippen LogP contribution < -0.4 is 4.90 Å². The number of amides is 1. The van der Waals surface area contributed by atoms with E-state index in [1.807, 2.05) is 6.07 Å². The van der Waals surface area contributed by atoms with Crippen molar-refractivity contribution in [3.8, 4) is 0 Å². The lowest BCUT2D eigenvalue weighted by Gasteiger charge is -2.10. The number of rotatable bonds is 3. The Morgan fingerprint density at radius 2 is 2.18 bits per heavy atom. The van der Waals surface area contributed by atoms with Crippen LogP contribution in [-0.2, 0) is 11.2 Å². The minimum atomic E-state index is -0.231. The fraction of sp³-hybridized carbons (Fsp3) is 0.214. The lowest BCUT2D eigenvalue weighted by molar-refractivity contribution is -0.116. The third-order valence-electron chi connectivity index (χ3n) is 3.17. The molecule has 0 bridgehead atoms. The average Bonchev–Trinajstić information content (AvgIpc) is 2.99. The summed E-state index contributed by atoms with van der Waals surface area (Å²) in [4.78, 5) is 18.7. The van der Waals surface area contributed by atoms with Crippen LogP contribution in [0.15, 0.2) is 24.4 Å². The molecular weight excluding hydrogens is 361 g/mol. The molecule has 22 heavy (non-hydrogen) atoms. The predicted molar refractivity (Wildman–Crippen MR) is 93.6 cm³/mol. The van der Waals surface area contributed by atoms with Crippen LogP contribution in [0.4, 0.5) is 5.13 Å². The van der Waals surface area contributed by atoms with Crippen molar-refractivity contribution in [1.29, 1.82) is 5.41 Å². The number of carbonyl (C=O) groups excluding carboxylic acids is 1. The van der Waals surface area contributed by atoms with Crippen LogP contribution in [0, 0.1) is 5.41 Å². The van der Waals surface area contributed by atoms with Crippen molar-refractivity contribution in [2.24, 2.45) is 0 Å². The number of thiazole rings is 1. The largest absolute Gasteiger partial charge is 0.278 e. The van der Waals surface area contributed by atoms with E-state index in [-0.39, 0.29) is 16.3 Å². The molecule has 8 heteroatoms. The lowest BCUT2D eigenvalue weighted by Crippen LogP contribution is -2.30. The third-order valence-corrected chi connectivity index (χ3v) is 5.70. The molecule has 1 N–H and O–H groups in total. The molecule has 1 aromatic carbocycles. The smallest absolute Gasteiger partial charge is 0.248 e. The van der Waals surface area contributed by atoms with E-state index in [0.717, 1.165) is 10.4 Å². The highest BCUT2D eigenvalue weighted by molar-refractivity contribution is 8.16. The Morgan fingerprint density at radius 3 is 2.82 bits per heavy atom. The van der Waals surface area contributed by atoms with Gasteiger partial charge in [-0.2, -0.15) is 0 Å². The van der Waals surface area contributed by atoms with Crippen molar-refractivity contribution < 1.29 is 4.79 Å². The van der Waals surface area contributed by atoms with Gasteiger partial charge >= 0.3 is 0 Å². The van der Waals surface area contributed by atoms with Crippen LogP contribution in [0.1, 0.15) is 17.4 Å². The van der Waals surface area contributed by atoms with Gasteiger partial charge in [0.1, 0.15) is 0 Å². The Kier molecular flexibility index (Phi) is 4.45. The maximum Gasteiger partial charge on any atom is 0.248 e. The molecule has 1 aromatic heterocycles. The summed E-state index contributed by atoms with van der Waals surface area (Å²) >= 11 is 14.7. The summed E-state index contributed by atoms with van der Waals surface area (Å²) in [6, 6.07) is 5.38. The summed E-state index contributed by atoms with van der Waals surface area (Å²) in [6.45, 7) is 1.80. The van der Waals surface area contributed by atoms with E-state index in [0.29, 0.717) is 21.6 Å². The second-order valence-corrected chi connectivity index (χ2v) is 8.03. The fourth-order valence-corrected chi connectivity index (χ4v) is 4.37. The molecule has 0 radical (unpaired) electrons. The Labute approximate surface area is 146 Å². The number of anilines is 1. The van der Waals surface area contributed by atoms with E-state index in [1.165, 1.54) is 28.0 Å². The van der Waals surface area contributed by atoms with Crippen LogP contribution in [0.2, 0.25) is 10.0 Å². The molecule has 0 aliphatic carbocycles. The van der Waals surface area contributed by atoms with Crippen molar-refractivity contribution in [3.63, 3.8) is 0 Å². The molecule has 114 valence electrons. The molecule has 1 aliphatic rings. The number of amidine groups is 1. The van der Waals surface area contributed by atoms with Crippen LogP contribution >= 0.6 is 46.3 Å². The van der Waals surface area contributed by atoms with E-state index < -0.39 is 0 Å². The highest BCUT2D eigenvalue weighted by Gasteiger charge is 2.36. The van der Waals surface area contributed by atoms with Crippen LogP contribution in [0.3, 0.4) is 0 Å². The summed E-state index contributed by atoms with van der Waals surface area (Å²) in [6.07, 6.45) is 2.34. The van der Waals surface area contributed by atoms with Crippen molar-refractivity contribution in [2.45, 2.75) is 18.6 Å². The van der Waals surface area contributed by atoms with Crippen molar-refractivity contribution in [1.82, 2.24) is 4.98 Å². The first kappa shape index (κ1) is 15.8. The van der Waals surface area contributed by atoms with Gasteiger partial charge in [0.2, 0.25) is 5.91 Å². The molecule has 1 atom stereocenters. The molecule has 1 unspecified atom stereocenters. The summed E-state index contributed by atoms with van der Waals surface area (Å²) in [5.74, 6) is -0.0968. The van der Waals surface area contributed by atoms with E-state index in [1.54, 1.807) is 25.3 Å². The molecule has 1 fully saturated rings. The maximum absolute atomic E-state index is 12.1. The predicted octanol–water partition coefficient (Wildman–Crippen LogP) is 4.44. The summed E-state index contributed by atoms with van der Waals surface area (Å²) in [5.41, 5.74) is 0.951. The first-order chi connectivity index (χ1) is 10.5. The number of carbonyl (C=O) groups is 1. The molecule has 4 nitrogen and oxygen atoms in total. The topological polar surface area (TPSA) is 57.1 Å². The van der Waals surface area contributed by atoms with Gasteiger partial charge < -0.3 is 0 Å². The Balaban J connectivity index is 1.82. The number of hydrogen-bond acceptors (Lipinski definition) is 5. The molecule has 1 amide bonds. The van der Waals surface area contributed by atoms with Crippen LogP contribution in [0.25, 0.3) is 0 Å². The molecule has 0 saturated carbocycles. The van der Waals surface area contributed by atoms with E-state index in [9.17, 15) is 4.79 Å². The van der Waals surface area contributed by atoms with Gasteiger partial charge in [-0.1, -0.05) is 41.0 Å². The first-order valence-electron chi connectivity index (χ1n) is 6.43. The van der Waals surface area contributed by atoms with Gasteiger partial charge in [-0.15, -0.1) is 11.3 Å². The van der Waals surface area contributed by atoms with Crippen molar-refractivity contribution in [3.05, 3.63) is 44.9 Å². The number of halogens is 2. The van der Waals surface area contributed by atoms with Gasteiger partial charge in [0.05, 0.1) is 5.25 Å². The third kappa shape index (κ3) is 3.01. The quantitative estimate of drug-likeness (QED) is 0.866. The van der Waals surface area contributed by atoms with Crippen LogP contribution in [0.5, 0.6) is 0 Å². The SMILES string of the molecule is CC1SC(=N)N(c2ncc(Cc3ccc(Cl)cc3Cl)s2)C1=O. The molecule has 1 saturated heterocycles. The number of thioether (sulfide) groups is 1. The Bertz CT molecular complexity index is 762. The summed E-state index contributed by atoms with van der Waals surface area (Å²) < 4.78 is 0. The van der Waals surface area contributed by atoms with Gasteiger partial charge in [0.25, 0.3) is 0 Å². The fourth-order valence-electron chi connectivity index (χ4n) is 2.07. The first-order valence-corrected chi connectivity index (χ1v) is 8.88. The number of hydrogen-bond donors (Lipinski definition) is 1. The molecule has 2 heterocycles. The van der Waals surface area contributed by atoms with Gasteiger partial charge in [-0.25, -0.2) is 9.88 Å². The lowest BCUT2D eigenvalue weighted by atomic mass is 10.1. The van der Waals surface area contributed by atoms with E-state index in [4.69, 9.17) is 28.6 Å². The summed E-state index contributed by atoms with van der Waals surface area (Å²) in [7, 11) is 0. The zero-order valence-electron chi connectivity index (χ0n) is 11.5. The zero-order valence-corrected chi connectivity index (χ0v) is 14.6. The number of nitrogens with zero attached hydrogens (tertiary/aromatic N) is 2. The standard InChI is InChI=1S/C14H11Cl2N3OS2/c1-7-12(20)19(13(17)21-7)14-18-6-10(22-14)4-8-2-3-9(15)5-11(8)16/h2-3,5-7,17H,4H2,1H3.